The maximum absolute atomic E-state index is 11.9. The van der Waals surface area contributed by atoms with Crippen molar-refractivity contribution in [1.29, 1.82) is 0 Å². The number of benzene rings is 1. The minimum atomic E-state index is -0.926. The van der Waals surface area contributed by atoms with Crippen LogP contribution in [0.3, 0.4) is 0 Å². The van der Waals surface area contributed by atoms with Crippen molar-refractivity contribution in [2.75, 3.05) is 13.1 Å². The molecule has 0 aromatic heterocycles. The molecule has 0 radical (unpaired) electrons. The van der Waals surface area contributed by atoms with Crippen LogP contribution in [0.4, 0.5) is 0 Å². The van der Waals surface area contributed by atoms with Gasteiger partial charge in [-0.15, -0.1) is 0 Å². The Morgan fingerprint density at radius 1 is 1.21 bits per heavy atom. The quantitative estimate of drug-likeness (QED) is 0.909. The lowest BCUT2D eigenvalue weighted by atomic mass is 9.83. The van der Waals surface area contributed by atoms with Gasteiger partial charge >= 0.3 is 5.97 Å². The molecule has 1 aromatic rings. The third-order valence-electron chi connectivity index (χ3n) is 4.25. The summed E-state index contributed by atoms with van der Waals surface area (Å²) < 4.78 is 0. The molecule has 0 saturated carbocycles. The molecule has 3 heteroatoms. The van der Waals surface area contributed by atoms with E-state index in [4.69, 9.17) is 0 Å². The highest BCUT2D eigenvalue weighted by Gasteiger charge is 2.43. The van der Waals surface area contributed by atoms with Crippen LogP contribution in [-0.4, -0.2) is 29.1 Å². The minimum absolute atomic E-state index is 0.547. The number of piperidine rings is 1. The van der Waals surface area contributed by atoms with Gasteiger partial charge in [0.2, 0.25) is 0 Å². The summed E-state index contributed by atoms with van der Waals surface area (Å²) in [6, 6.07) is 9.57. The first-order valence-electron chi connectivity index (χ1n) is 6.98. The Morgan fingerprint density at radius 2 is 1.74 bits per heavy atom. The van der Waals surface area contributed by atoms with Crippen LogP contribution in [-0.2, 0) is 10.3 Å². The second-order valence-electron chi connectivity index (χ2n) is 6.09. The van der Waals surface area contributed by atoms with E-state index in [1.54, 1.807) is 0 Å². The van der Waals surface area contributed by atoms with Gasteiger partial charge in [0.15, 0.2) is 0 Å². The van der Waals surface area contributed by atoms with Crippen LogP contribution in [0.25, 0.3) is 0 Å². The van der Waals surface area contributed by atoms with Gasteiger partial charge < -0.3 is 5.11 Å². The van der Waals surface area contributed by atoms with Gasteiger partial charge in [0, 0.05) is 13.1 Å². The molecule has 0 bridgehead atoms. The fourth-order valence-electron chi connectivity index (χ4n) is 3.23. The lowest BCUT2D eigenvalue weighted by Crippen LogP contribution is -2.54. The van der Waals surface area contributed by atoms with Gasteiger partial charge in [-0.3, -0.25) is 4.90 Å². The number of carboxylic acid groups (broad SMARTS) is 1. The first-order valence-corrected chi connectivity index (χ1v) is 6.98. The fraction of sp³-hybridized carbons (Fsp3) is 0.562. The van der Waals surface area contributed by atoms with Crippen molar-refractivity contribution in [3.05, 3.63) is 35.9 Å². The number of aliphatic carboxylic acids is 1. The largest absolute Gasteiger partial charge is 0.480 e. The highest BCUT2D eigenvalue weighted by molar-refractivity contribution is 5.80. The Morgan fingerprint density at radius 3 is 2.21 bits per heavy atom. The first kappa shape index (κ1) is 14.1. The maximum atomic E-state index is 11.9. The second kappa shape index (κ2) is 5.33. The molecular weight excluding hydrogens is 238 g/mol. The molecule has 3 atom stereocenters. The highest BCUT2D eigenvalue weighted by atomic mass is 16.4. The number of nitrogens with zero attached hydrogens (tertiary/aromatic N) is 1. The predicted molar refractivity (Wildman–Crippen MR) is 75.9 cm³/mol. The summed E-state index contributed by atoms with van der Waals surface area (Å²) in [5.41, 5.74) is -0.0618. The van der Waals surface area contributed by atoms with Crippen molar-refractivity contribution in [2.45, 2.75) is 32.7 Å². The van der Waals surface area contributed by atoms with E-state index in [-0.39, 0.29) is 0 Å². The molecule has 2 rings (SSSR count). The van der Waals surface area contributed by atoms with Crippen molar-refractivity contribution in [2.24, 2.45) is 11.8 Å². The molecule has 1 N–H and O–H groups in total. The smallest absolute Gasteiger partial charge is 0.328 e. The zero-order valence-electron chi connectivity index (χ0n) is 12.0. The Balaban J connectivity index is 2.37. The maximum Gasteiger partial charge on any atom is 0.328 e. The molecule has 0 spiro atoms. The van der Waals surface area contributed by atoms with Crippen LogP contribution in [0.5, 0.6) is 0 Å². The molecule has 1 heterocycles. The molecule has 19 heavy (non-hydrogen) atoms. The molecule has 1 aliphatic heterocycles. The average Bonchev–Trinajstić information content (AvgIpc) is 2.37. The van der Waals surface area contributed by atoms with Crippen LogP contribution < -0.4 is 0 Å². The number of carbonyl (C=O) groups is 1. The van der Waals surface area contributed by atoms with Crippen molar-refractivity contribution < 1.29 is 9.90 Å². The Kier molecular flexibility index (Phi) is 3.95. The van der Waals surface area contributed by atoms with Crippen LogP contribution in [0.2, 0.25) is 0 Å². The molecule has 3 unspecified atom stereocenters. The van der Waals surface area contributed by atoms with Gasteiger partial charge in [-0.05, 0) is 30.7 Å². The molecular formula is C16H23NO2. The van der Waals surface area contributed by atoms with Gasteiger partial charge in [0.25, 0.3) is 0 Å². The van der Waals surface area contributed by atoms with Crippen LogP contribution in [0.1, 0.15) is 32.8 Å². The molecule has 0 aliphatic carbocycles. The SMILES string of the molecule is CC1CC(C)CN(C(C)(C(=O)O)c2ccccc2)C1. The summed E-state index contributed by atoms with van der Waals surface area (Å²) in [6.07, 6.45) is 1.18. The fourth-order valence-corrected chi connectivity index (χ4v) is 3.23. The van der Waals surface area contributed by atoms with Gasteiger partial charge in [-0.1, -0.05) is 44.2 Å². The predicted octanol–water partition coefficient (Wildman–Crippen LogP) is 2.96. The van der Waals surface area contributed by atoms with Crippen LogP contribution >= 0.6 is 0 Å². The number of hydrogen-bond donors (Lipinski definition) is 1. The number of hydrogen-bond acceptors (Lipinski definition) is 2. The van der Waals surface area contributed by atoms with E-state index in [1.165, 1.54) is 6.42 Å². The zero-order valence-corrected chi connectivity index (χ0v) is 12.0. The van der Waals surface area contributed by atoms with E-state index in [9.17, 15) is 9.90 Å². The molecule has 3 nitrogen and oxygen atoms in total. The molecule has 1 fully saturated rings. The highest BCUT2D eigenvalue weighted by Crippen LogP contribution is 2.34. The van der Waals surface area contributed by atoms with Gasteiger partial charge in [0.1, 0.15) is 5.54 Å². The summed E-state index contributed by atoms with van der Waals surface area (Å²) >= 11 is 0. The number of carboxylic acids is 1. The molecule has 104 valence electrons. The minimum Gasteiger partial charge on any atom is -0.480 e. The van der Waals surface area contributed by atoms with Gasteiger partial charge in [0.05, 0.1) is 0 Å². The second-order valence-corrected chi connectivity index (χ2v) is 6.09. The Bertz CT molecular complexity index is 435. The topological polar surface area (TPSA) is 40.5 Å². The lowest BCUT2D eigenvalue weighted by molar-refractivity contribution is -0.153. The van der Waals surface area contributed by atoms with E-state index in [0.717, 1.165) is 18.7 Å². The van der Waals surface area contributed by atoms with Crippen molar-refractivity contribution in [1.82, 2.24) is 4.90 Å². The van der Waals surface area contributed by atoms with Crippen molar-refractivity contribution >= 4 is 5.97 Å². The number of likely N-dealkylation sites (tertiary alicyclic amines) is 1. The van der Waals surface area contributed by atoms with E-state index in [0.29, 0.717) is 11.8 Å². The monoisotopic (exact) mass is 261 g/mol. The summed E-state index contributed by atoms with van der Waals surface area (Å²) in [7, 11) is 0. The summed E-state index contributed by atoms with van der Waals surface area (Å²) in [5, 5.41) is 9.77. The first-order chi connectivity index (χ1) is 8.94. The van der Waals surface area contributed by atoms with E-state index >= 15 is 0 Å². The van der Waals surface area contributed by atoms with Crippen molar-refractivity contribution in [3.8, 4) is 0 Å². The molecule has 1 aliphatic rings. The van der Waals surface area contributed by atoms with E-state index in [2.05, 4.69) is 18.7 Å². The van der Waals surface area contributed by atoms with E-state index in [1.807, 2.05) is 37.3 Å². The Labute approximate surface area is 115 Å². The number of rotatable bonds is 3. The lowest BCUT2D eigenvalue weighted by Gasteiger charge is -2.44. The van der Waals surface area contributed by atoms with Crippen LogP contribution in [0.15, 0.2) is 30.3 Å². The third kappa shape index (κ3) is 2.66. The van der Waals surface area contributed by atoms with Crippen molar-refractivity contribution in [3.63, 3.8) is 0 Å². The normalized spacial score (nSPS) is 27.7. The molecule has 1 aromatic carbocycles. The van der Waals surface area contributed by atoms with Gasteiger partial charge in [-0.25, -0.2) is 4.79 Å². The molecule has 1 saturated heterocycles. The van der Waals surface area contributed by atoms with E-state index < -0.39 is 11.5 Å². The Hall–Kier alpha value is -1.35. The summed E-state index contributed by atoms with van der Waals surface area (Å²) in [5.74, 6) is 0.331. The average molecular weight is 261 g/mol. The zero-order chi connectivity index (χ0) is 14.0. The summed E-state index contributed by atoms with van der Waals surface area (Å²) in [4.78, 5) is 14.0. The van der Waals surface area contributed by atoms with Crippen LogP contribution in [0, 0.1) is 11.8 Å². The summed E-state index contributed by atoms with van der Waals surface area (Å²) in [6.45, 7) is 7.94. The molecule has 0 amide bonds. The van der Waals surface area contributed by atoms with Gasteiger partial charge in [-0.2, -0.15) is 0 Å². The standard InChI is InChI=1S/C16H23NO2/c1-12-9-13(2)11-17(10-12)16(3,15(18)19)14-7-5-4-6-8-14/h4-8,12-13H,9-11H2,1-3H3,(H,18,19). The third-order valence-corrected chi connectivity index (χ3v) is 4.25.